The van der Waals surface area contributed by atoms with Gasteiger partial charge >= 0.3 is 0 Å². The highest BCUT2D eigenvalue weighted by Crippen LogP contribution is 2.29. The zero-order valence-corrected chi connectivity index (χ0v) is 15.0. The van der Waals surface area contributed by atoms with Gasteiger partial charge in [0.2, 0.25) is 0 Å². The van der Waals surface area contributed by atoms with E-state index >= 15 is 0 Å². The predicted molar refractivity (Wildman–Crippen MR) is 110 cm³/mol. The zero-order chi connectivity index (χ0) is 18.6. The summed E-state index contributed by atoms with van der Waals surface area (Å²) in [7, 11) is 0. The number of hydrogen-bond donors (Lipinski definition) is 3. The first-order valence-electron chi connectivity index (χ1n) is 8.71. The number of nitrogens with two attached hydrogens (primary N) is 1. The van der Waals surface area contributed by atoms with Crippen LogP contribution in [0.4, 0.5) is 23.0 Å². The molecule has 2 aromatic heterocycles. The van der Waals surface area contributed by atoms with E-state index in [1.807, 2.05) is 30.3 Å². The Hall–Kier alpha value is -3.67. The Bertz CT molecular complexity index is 1070. The monoisotopic (exact) mass is 356 g/mol. The van der Waals surface area contributed by atoms with Crippen molar-refractivity contribution in [3.8, 4) is 0 Å². The molecule has 2 heterocycles. The van der Waals surface area contributed by atoms with Crippen LogP contribution in [0.2, 0.25) is 0 Å². The van der Waals surface area contributed by atoms with E-state index in [-0.39, 0.29) is 0 Å². The van der Waals surface area contributed by atoms with Crippen LogP contribution in [0.1, 0.15) is 11.1 Å². The smallest absolute Gasteiger partial charge is 0.159 e. The highest BCUT2D eigenvalue weighted by atomic mass is 15.1. The minimum Gasteiger partial charge on any atom is -0.393 e. The summed E-state index contributed by atoms with van der Waals surface area (Å²) in [6, 6.07) is 18.2. The standard InChI is InChI=1S/C21H20N6/c1-14-7-9-15(10-8-14)12-24-20-19(22)21(26-13-25-20)27-18-6-2-5-17-16(18)4-3-11-23-17/h2-11,13H,12,22H2,1H3,(H2,24,25,26,27). The van der Waals surface area contributed by atoms with E-state index in [0.717, 1.165) is 22.2 Å². The Morgan fingerprint density at radius 3 is 2.56 bits per heavy atom. The van der Waals surface area contributed by atoms with Crippen LogP contribution in [0.3, 0.4) is 0 Å². The van der Waals surface area contributed by atoms with Crippen molar-refractivity contribution in [2.24, 2.45) is 0 Å². The minimum atomic E-state index is 0.477. The second-order valence-corrected chi connectivity index (χ2v) is 6.32. The fraction of sp³-hybridized carbons (Fsp3) is 0.0952. The zero-order valence-electron chi connectivity index (χ0n) is 15.0. The molecule has 0 saturated heterocycles. The Morgan fingerprint density at radius 2 is 1.70 bits per heavy atom. The summed E-state index contributed by atoms with van der Waals surface area (Å²) >= 11 is 0. The van der Waals surface area contributed by atoms with Crippen LogP contribution < -0.4 is 16.4 Å². The summed E-state index contributed by atoms with van der Waals surface area (Å²) in [4.78, 5) is 13.0. The van der Waals surface area contributed by atoms with Gasteiger partial charge < -0.3 is 16.4 Å². The second kappa shape index (κ2) is 7.29. The molecule has 0 aliphatic rings. The van der Waals surface area contributed by atoms with Gasteiger partial charge in [0.25, 0.3) is 0 Å². The van der Waals surface area contributed by atoms with Crippen LogP contribution in [0.25, 0.3) is 10.9 Å². The van der Waals surface area contributed by atoms with Gasteiger partial charge in [-0.25, -0.2) is 9.97 Å². The number of nitrogens with zero attached hydrogens (tertiary/aromatic N) is 3. The number of pyridine rings is 1. The lowest BCUT2D eigenvalue weighted by molar-refractivity contribution is 1.08. The molecule has 134 valence electrons. The maximum absolute atomic E-state index is 6.30. The van der Waals surface area contributed by atoms with E-state index in [0.29, 0.717) is 23.9 Å². The summed E-state index contributed by atoms with van der Waals surface area (Å²) in [5, 5.41) is 7.60. The number of anilines is 4. The lowest BCUT2D eigenvalue weighted by Crippen LogP contribution is -2.08. The normalized spacial score (nSPS) is 10.7. The molecule has 6 heteroatoms. The van der Waals surface area contributed by atoms with Crippen LogP contribution >= 0.6 is 0 Å². The van der Waals surface area contributed by atoms with E-state index in [1.54, 1.807) is 6.20 Å². The fourth-order valence-corrected chi connectivity index (χ4v) is 2.87. The first-order valence-corrected chi connectivity index (χ1v) is 8.71. The van der Waals surface area contributed by atoms with Crippen molar-refractivity contribution in [3.63, 3.8) is 0 Å². The van der Waals surface area contributed by atoms with Crippen molar-refractivity contribution >= 4 is 33.9 Å². The molecule has 4 rings (SSSR count). The number of hydrogen-bond acceptors (Lipinski definition) is 6. The van der Waals surface area contributed by atoms with Crippen molar-refractivity contribution in [1.82, 2.24) is 15.0 Å². The fourth-order valence-electron chi connectivity index (χ4n) is 2.87. The molecule has 0 aliphatic heterocycles. The third-order valence-electron chi connectivity index (χ3n) is 4.36. The lowest BCUT2D eigenvalue weighted by Gasteiger charge is -2.14. The molecule has 4 aromatic rings. The molecule has 6 nitrogen and oxygen atoms in total. The van der Waals surface area contributed by atoms with Crippen molar-refractivity contribution in [2.75, 3.05) is 16.4 Å². The summed E-state index contributed by atoms with van der Waals surface area (Å²) in [5.74, 6) is 1.17. The number of aromatic nitrogens is 3. The molecule has 2 aromatic carbocycles. The molecule has 0 amide bonds. The van der Waals surface area contributed by atoms with E-state index < -0.39 is 0 Å². The van der Waals surface area contributed by atoms with Gasteiger partial charge in [-0.05, 0) is 36.8 Å². The molecule has 4 N–H and O–H groups in total. The average molecular weight is 356 g/mol. The van der Waals surface area contributed by atoms with E-state index in [4.69, 9.17) is 5.73 Å². The van der Waals surface area contributed by atoms with Crippen molar-refractivity contribution in [2.45, 2.75) is 13.5 Å². The van der Waals surface area contributed by atoms with Crippen LogP contribution in [-0.2, 0) is 6.54 Å². The molecular formula is C21H20N6. The van der Waals surface area contributed by atoms with Crippen LogP contribution in [0, 0.1) is 6.92 Å². The number of nitrogens with one attached hydrogen (secondary N) is 2. The van der Waals surface area contributed by atoms with Crippen LogP contribution in [-0.4, -0.2) is 15.0 Å². The molecule has 0 spiro atoms. The summed E-state index contributed by atoms with van der Waals surface area (Å²) in [6.45, 7) is 2.71. The Labute approximate surface area is 157 Å². The topological polar surface area (TPSA) is 88.8 Å². The van der Waals surface area contributed by atoms with Gasteiger partial charge in [0.1, 0.15) is 12.0 Å². The molecule has 0 fully saturated rings. The van der Waals surface area contributed by atoms with Crippen LogP contribution in [0.5, 0.6) is 0 Å². The van der Waals surface area contributed by atoms with Gasteiger partial charge in [-0.3, -0.25) is 4.98 Å². The molecule has 0 radical (unpaired) electrons. The van der Waals surface area contributed by atoms with Crippen molar-refractivity contribution < 1.29 is 0 Å². The lowest BCUT2D eigenvalue weighted by atomic mass is 10.1. The Kier molecular flexibility index (Phi) is 4.53. The minimum absolute atomic E-state index is 0.477. The van der Waals surface area contributed by atoms with Gasteiger partial charge in [-0.15, -0.1) is 0 Å². The predicted octanol–water partition coefficient (Wildman–Crippen LogP) is 4.27. The van der Waals surface area contributed by atoms with Crippen LogP contribution in [0.15, 0.2) is 67.1 Å². The van der Waals surface area contributed by atoms with E-state index in [9.17, 15) is 0 Å². The maximum Gasteiger partial charge on any atom is 0.159 e. The largest absolute Gasteiger partial charge is 0.393 e. The molecule has 0 saturated carbocycles. The average Bonchev–Trinajstić information content (AvgIpc) is 2.70. The molecule has 27 heavy (non-hydrogen) atoms. The van der Waals surface area contributed by atoms with Gasteiger partial charge in [0.05, 0.1) is 5.52 Å². The van der Waals surface area contributed by atoms with Crippen molar-refractivity contribution in [1.29, 1.82) is 0 Å². The van der Waals surface area contributed by atoms with Crippen molar-refractivity contribution in [3.05, 3.63) is 78.2 Å². The van der Waals surface area contributed by atoms with E-state index in [1.165, 1.54) is 11.9 Å². The third kappa shape index (κ3) is 3.64. The van der Waals surface area contributed by atoms with E-state index in [2.05, 4.69) is 56.8 Å². The highest BCUT2D eigenvalue weighted by molar-refractivity contribution is 5.94. The molecule has 0 aliphatic carbocycles. The van der Waals surface area contributed by atoms with Gasteiger partial charge in [0.15, 0.2) is 11.6 Å². The number of benzene rings is 2. The molecule has 0 unspecified atom stereocenters. The van der Waals surface area contributed by atoms with Gasteiger partial charge in [0, 0.05) is 23.8 Å². The first kappa shape index (κ1) is 16.8. The maximum atomic E-state index is 6.30. The summed E-state index contributed by atoms with van der Waals surface area (Å²) < 4.78 is 0. The van der Waals surface area contributed by atoms with Gasteiger partial charge in [-0.1, -0.05) is 35.9 Å². The quantitative estimate of drug-likeness (QED) is 0.495. The van der Waals surface area contributed by atoms with Gasteiger partial charge in [-0.2, -0.15) is 0 Å². The number of aryl methyl sites for hydroxylation is 1. The molecule has 0 bridgehead atoms. The number of rotatable bonds is 5. The molecular weight excluding hydrogens is 336 g/mol. The second-order valence-electron chi connectivity index (χ2n) is 6.32. The number of nitrogen functional groups attached to an aromatic ring is 1. The third-order valence-corrected chi connectivity index (χ3v) is 4.36. The highest BCUT2D eigenvalue weighted by Gasteiger charge is 2.10. The Morgan fingerprint density at radius 1 is 0.889 bits per heavy atom. The Balaban J connectivity index is 1.57. The SMILES string of the molecule is Cc1ccc(CNc2ncnc(Nc3cccc4ncccc34)c2N)cc1. The first-order chi connectivity index (χ1) is 13.2. The summed E-state index contributed by atoms with van der Waals surface area (Å²) in [6.07, 6.45) is 3.28. The number of fused-ring (bicyclic) bond motifs is 1. The summed E-state index contributed by atoms with van der Waals surface area (Å²) in [5.41, 5.74) is 11.0. The molecule has 0 atom stereocenters.